The Bertz CT molecular complexity index is 680. The minimum Gasteiger partial charge on any atom is -0.462 e. The number of Topliss-reactive ketones (excluding diaryl/α,β-unsaturated/α-hetero) is 1. The Hall–Kier alpha value is -0.860. The van der Waals surface area contributed by atoms with E-state index in [4.69, 9.17) is 4.74 Å². The Morgan fingerprint density at radius 3 is 2.50 bits per heavy atom. The van der Waals surface area contributed by atoms with Gasteiger partial charge in [-0.2, -0.15) is 0 Å². The van der Waals surface area contributed by atoms with Crippen LogP contribution in [0.5, 0.6) is 0 Å². The van der Waals surface area contributed by atoms with E-state index in [1.165, 1.54) is 57.8 Å². The normalized spacial score (nSPS) is 46.2. The molecule has 7 atom stereocenters. The van der Waals surface area contributed by atoms with Gasteiger partial charge in [0.05, 0.1) is 0 Å². The van der Waals surface area contributed by atoms with Crippen molar-refractivity contribution in [2.75, 3.05) is 0 Å². The topological polar surface area (TPSA) is 43.4 Å². The highest BCUT2D eigenvalue weighted by Crippen LogP contribution is 2.66. The van der Waals surface area contributed by atoms with Gasteiger partial charge in [-0.1, -0.05) is 39.5 Å². The van der Waals surface area contributed by atoms with Gasteiger partial charge in [0.15, 0.2) is 0 Å². The minimum absolute atomic E-state index is 0.0670. The minimum atomic E-state index is 0.0670. The van der Waals surface area contributed by atoms with Gasteiger partial charge in [-0.15, -0.1) is 0 Å². The number of ether oxygens (including phenoxy) is 1. The zero-order chi connectivity index (χ0) is 20.9. The Morgan fingerprint density at radius 2 is 1.70 bits per heavy atom. The molecule has 0 radical (unpaired) electrons. The van der Waals surface area contributed by atoms with E-state index in [1.54, 1.807) is 0 Å². The molecule has 0 aromatic rings. The van der Waals surface area contributed by atoms with Gasteiger partial charge in [0.25, 0.3) is 0 Å². The lowest BCUT2D eigenvalue weighted by Gasteiger charge is -2.60. The Kier molecular flexibility index (Phi) is 5.55. The molecule has 3 nitrogen and oxygen atoms in total. The maximum atomic E-state index is 12.7. The van der Waals surface area contributed by atoms with Gasteiger partial charge >= 0.3 is 5.97 Å². The van der Waals surface area contributed by atoms with Crippen LogP contribution in [0.25, 0.3) is 0 Å². The van der Waals surface area contributed by atoms with Crippen LogP contribution in [0.4, 0.5) is 0 Å². The summed E-state index contributed by atoms with van der Waals surface area (Å²) in [6.07, 6.45) is 17.2. The Morgan fingerprint density at radius 1 is 0.933 bits per heavy atom. The molecule has 0 bridgehead atoms. The molecule has 0 spiro atoms. The van der Waals surface area contributed by atoms with Crippen molar-refractivity contribution in [2.45, 2.75) is 116 Å². The van der Waals surface area contributed by atoms with Crippen molar-refractivity contribution in [2.24, 2.45) is 40.4 Å². The molecule has 5 fully saturated rings. The summed E-state index contributed by atoms with van der Waals surface area (Å²) in [5.74, 6) is 4.21. The van der Waals surface area contributed by atoms with E-state index >= 15 is 0 Å². The van der Waals surface area contributed by atoms with Crippen LogP contribution in [0, 0.1) is 40.4 Å². The summed E-state index contributed by atoms with van der Waals surface area (Å²) in [6.45, 7) is 4.95. The maximum Gasteiger partial charge on any atom is 0.306 e. The molecule has 0 unspecified atom stereocenters. The van der Waals surface area contributed by atoms with Crippen LogP contribution < -0.4 is 0 Å². The zero-order valence-corrected chi connectivity index (χ0v) is 19.3. The smallest absolute Gasteiger partial charge is 0.306 e. The van der Waals surface area contributed by atoms with Crippen LogP contribution >= 0.6 is 0 Å². The van der Waals surface area contributed by atoms with Crippen LogP contribution in [0.2, 0.25) is 0 Å². The van der Waals surface area contributed by atoms with E-state index in [0.29, 0.717) is 29.5 Å². The predicted molar refractivity (Wildman–Crippen MR) is 118 cm³/mol. The fourth-order valence-electron chi connectivity index (χ4n) is 9.03. The van der Waals surface area contributed by atoms with Gasteiger partial charge in [-0.3, -0.25) is 9.59 Å². The number of fused-ring (bicyclic) bond motifs is 5. The SMILES string of the molecule is C[C@]12CCC(=O)C[C@@H]1CC[C@@H]1[C@@H]2CC[C@]2(C)[C@@H](OC(=O)CCC3CCCC3)CC[C@@H]12. The van der Waals surface area contributed by atoms with Crippen LogP contribution in [-0.4, -0.2) is 17.9 Å². The number of carbonyl (C=O) groups excluding carboxylic acids is 2. The lowest BCUT2D eigenvalue weighted by Crippen LogP contribution is -2.54. The van der Waals surface area contributed by atoms with E-state index < -0.39 is 0 Å². The first-order valence-corrected chi connectivity index (χ1v) is 13.1. The third kappa shape index (κ3) is 3.47. The molecule has 0 heterocycles. The summed E-state index contributed by atoms with van der Waals surface area (Å²) < 4.78 is 6.19. The number of hydrogen-bond acceptors (Lipinski definition) is 3. The number of esters is 1. The van der Waals surface area contributed by atoms with Crippen molar-refractivity contribution >= 4 is 11.8 Å². The molecule has 0 aromatic carbocycles. The molecule has 0 aromatic heterocycles. The zero-order valence-electron chi connectivity index (χ0n) is 19.3. The molecule has 3 heteroatoms. The lowest BCUT2D eigenvalue weighted by atomic mass is 9.45. The molecule has 5 aliphatic carbocycles. The van der Waals surface area contributed by atoms with Crippen molar-refractivity contribution in [1.82, 2.24) is 0 Å². The molecule has 0 aliphatic heterocycles. The standard InChI is InChI=1S/C27H42O3/c1-26-15-13-20(28)17-19(26)8-9-21-22-10-11-24(27(22,2)16-14-23(21)26)30-25(29)12-7-18-5-3-4-6-18/h18-19,21-24H,3-17H2,1-2H3/t19-,21-,22-,23-,24-,26-,27-/m0/s1. The summed E-state index contributed by atoms with van der Waals surface area (Å²) in [7, 11) is 0. The van der Waals surface area contributed by atoms with Crippen molar-refractivity contribution in [3.63, 3.8) is 0 Å². The summed E-state index contributed by atoms with van der Waals surface area (Å²) >= 11 is 0. The highest BCUT2D eigenvalue weighted by Gasteiger charge is 2.61. The molecule has 0 saturated heterocycles. The molecule has 0 amide bonds. The first-order valence-electron chi connectivity index (χ1n) is 13.1. The van der Waals surface area contributed by atoms with Crippen LogP contribution in [0.15, 0.2) is 0 Å². The van der Waals surface area contributed by atoms with E-state index in [9.17, 15) is 9.59 Å². The highest BCUT2D eigenvalue weighted by atomic mass is 16.5. The Labute approximate surface area is 183 Å². The quantitative estimate of drug-likeness (QED) is 0.494. The second kappa shape index (κ2) is 7.93. The fourth-order valence-corrected chi connectivity index (χ4v) is 9.03. The summed E-state index contributed by atoms with van der Waals surface area (Å²) in [4.78, 5) is 24.8. The van der Waals surface area contributed by atoms with E-state index in [0.717, 1.165) is 49.9 Å². The van der Waals surface area contributed by atoms with E-state index in [-0.39, 0.29) is 17.5 Å². The molecule has 5 saturated carbocycles. The third-order valence-electron chi connectivity index (χ3n) is 10.9. The predicted octanol–water partition coefficient (Wildman–Crippen LogP) is 6.48. The average molecular weight is 415 g/mol. The van der Waals surface area contributed by atoms with Crippen molar-refractivity contribution in [1.29, 1.82) is 0 Å². The molecule has 5 rings (SSSR count). The largest absolute Gasteiger partial charge is 0.462 e. The molecule has 30 heavy (non-hydrogen) atoms. The average Bonchev–Trinajstić information content (AvgIpc) is 3.35. The Balaban J connectivity index is 1.24. The highest BCUT2D eigenvalue weighted by molar-refractivity contribution is 5.79. The maximum absolute atomic E-state index is 12.7. The molecule has 168 valence electrons. The van der Waals surface area contributed by atoms with E-state index in [2.05, 4.69) is 13.8 Å². The number of ketones is 1. The van der Waals surface area contributed by atoms with Crippen LogP contribution in [0.1, 0.15) is 110 Å². The van der Waals surface area contributed by atoms with Crippen LogP contribution in [0.3, 0.4) is 0 Å². The molecule has 5 aliphatic rings. The monoisotopic (exact) mass is 414 g/mol. The molecule has 0 N–H and O–H groups in total. The first kappa shape index (κ1) is 21.0. The molecular weight excluding hydrogens is 372 g/mol. The van der Waals surface area contributed by atoms with Gasteiger partial charge in [0.2, 0.25) is 0 Å². The fraction of sp³-hybridized carbons (Fsp3) is 0.926. The van der Waals surface area contributed by atoms with Gasteiger partial charge in [0.1, 0.15) is 11.9 Å². The van der Waals surface area contributed by atoms with Gasteiger partial charge in [-0.25, -0.2) is 0 Å². The van der Waals surface area contributed by atoms with Crippen molar-refractivity contribution in [3.05, 3.63) is 0 Å². The van der Waals surface area contributed by atoms with Crippen LogP contribution in [-0.2, 0) is 14.3 Å². The second-order valence-electron chi connectivity index (χ2n) is 12.2. The summed E-state index contributed by atoms with van der Waals surface area (Å²) in [5.41, 5.74) is 0.548. The summed E-state index contributed by atoms with van der Waals surface area (Å²) in [6, 6.07) is 0. The lowest BCUT2D eigenvalue weighted by molar-refractivity contribution is -0.164. The van der Waals surface area contributed by atoms with Gasteiger partial charge in [0, 0.05) is 24.7 Å². The second-order valence-corrected chi connectivity index (χ2v) is 12.2. The third-order valence-corrected chi connectivity index (χ3v) is 10.9. The number of rotatable bonds is 4. The van der Waals surface area contributed by atoms with Gasteiger partial charge in [-0.05, 0) is 86.4 Å². The van der Waals surface area contributed by atoms with Crippen molar-refractivity contribution < 1.29 is 14.3 Å². The summed E-state index contributed by atoms with van der Waals surface area (Å²) in [5, 5.41) is 0. The van der Waals surface area contributed by atoms with E-state index in [1.807, 2.05) is 0 Å². The number of carbonyl (C=O) groups is 2. The first-order chi connectivity index (χ1) is 14.4. The molecular formula is C27H42O3. The van der Waals surface area contributed by atoms with Gasteiger partial charge < -0.3 is 4.74 Å². The number of hydrogen-bond donors (Lipinski definition) is 0. The van der Waals surface area contributed by atoms with Crippen molar-refractivity contribution in [3.8, 4) is 0 Å².